The maximum atomic E-state index is 14.3. The Morgan fingerprint density at radius 1 is 0.667 bits per heavy atom. The smallest absolute Gasteiger partial charge is 0.432 e. The molecule has 14 heteroatoms. The molecule has 0 saturated carbocycles. The van der Waals surface area contributed by atoms with Gasteiger partial charge in [-0.2, -0.15) is 26.3 Å². The van der Waals surface area contributed by atoms with Crippen molar-refractivity contribution in [1.82, 2.24) is 0 Å². The van der Waals surface area contributed by atoms with Gasteiger partial charge in [-0.05, 0) is 52.3 Å². The lowest BCUT2D eigenvalue weighted by Gasteiger charge is -2.33. The van der Waals surface area contributed by atoms with Crippen LogP contribution in [0.4, 0.5) is 26.3 Å². The number of rotatable bonds is 13. The highest BCUT2D eigenvalue weighted by Gasteiger charge is 2.65. The van der Waals surface area contributed by atoms with E-state index >= 15 is 0 Å². The largest absolute Gasteiger partial charge is 0.460 e. The van der Waals surface area contributed by atoms with Gasteiger partial charge in [0.25, 0.3) is 11.2 Å². The van der Waals surface area contributed by atoms with E-state index in [2.05, 4.69) is 0 Å². The summed E-state index contributed by atoms with van der Waals surface area (Å²) in [6, 6.07) is 12.3. The van der Waals surface area contributed by atoms with E-state index < -0.39 is 76.8 Å². The summed E-state index contributed by atoms with van der Waals surface area (Å²) >= 11 is 0. The van der Waals surface area contributed by atoms with Crippen molar-refractivity contribution in [3.8, 4) is 0 Å². The quantitative estimate of drug-likeness (QED) is 0.0950. The number of benzene rings is 2. The van der Waals surface area contributed by atoms with Gasteiger partial charge in [-0.15, -0.1) is 0 Å². The molecule has 264 valence electrons. The van der Waals surface area contributed by atoms with Crippen LogP contribution in [0.15, 0.2) is 84.5 Å². The molecule has 48 heavy (non-hydrogen) atoms. The van der Waals surface area contributed by atoms with Crippen LogP contribution in [0.3, 0.4) is 0 Å². The molecule has 0 amide bonds. The van der Waals surface area contributed by atoms with E-state index in [1.165, 1.54) is 56.3 Å². The SMILES string of the molecule is CO[C@@](C(=O)O[C@H](C)/C=C/C(=C/[C@H](C)OC(=O)[C@](OC)(c1ccccc1)C(F)(F)F)COC(=O)C(C)(C)C)(c1ccccc1)C(F)(F)F. The number of hydrogen-bond acceptors (Lipinski definition) is 8. The van der Waals surface area contributed by atoms with Crippen LogP contribution < -0.4 is 0 Å². The zero-order valence-corrected chi connectivity index (χ0v) is 27.4. The summed E-state index contributed by atoms with van der Waals surface area (Å²) in [6.45, 7) is 6.70. The molecule has 2 aromatic carbocycles. The van der Waals surface area contributed by atoms with Crippen molar-refractivity contribution in [2.45, 2.75) is 70.4 Å². The van der Waals surface area contributed by atoms with Gasteiger partial charge in [0, 0.05) is 25.3 Å². The van der Waals surface area contributed by atoms with E-state index in [9.17, 15) is 40.7 Å². The predicted molar refractivity (Wildman–Crippen MR) is 161 cm³/mol. The van der Waals surface area contributed by atoms with E-state index in [-0.39, 0.29) is 5.57 Å². The van der Waals surface area contributed by atoms with Crippen molar-refractivity contribution in [2.24, 2.45) is 5.41 Å². The lowest BCUT2D eigenvalue weighted by Crippen LogP contribution is -2.52. The number of alkyl halides is 6. The second-order valence-electron chi connectivity index (χ2n) is 11.6. The summed E-state index contributed by atoms with van der Waals surface area (Å²) in [4.78, 5) is 38.5. The highest BCUT2D eigenvalue weighted by molar-refractivity contribution is 5.83. The third-order valence-corrected chi connectivity index (χ3v) is 6.94. The first-order valence-corrected chi connectivity index (χ1v) is 14.5. The molecular weight excluding hydrogens is 650 g/mol. The molecule has 4 atom stereocenters. The second-order valence-corrected chi connectivity index (χ2v) is 11.6. The standard InChI is InChI=1S/C34H38F6O8/c1-22(47-28(42)31(44-6,33(35,36)37)25-14-10-8-11-15-25)18-19-24(21-46-27(41)30(3,4)5)20-23(2)48-29(43)32(45-7,34(38,39)40)26-16-12-9-13-17-26/h8-20,22-23H,21H2,1-7H3/b19-18+,24-20-/t22-,23+,31-,32-/m1/s1. The first kappa shape index (κ1) is 40.0. The van der Waals surface area contributed by atoms with E-state index in [1.807, 2.05) is 0 Å². The maximum Gasteiger partial charge on any atom is 0.432 e. The fraction of sp³-hybridized carbons (Fsp3) is 0.441. The Balaban J connectivity index is 2.42. The molecule has 0 radical (unpaired) electrons. The average Bonchev–Trinajstić information content (AvgIpc) is 2.98. The van der Waals surface area contributed by atoms with Gasteiger partial charge in [0.1, 0.15) is 18.8 Å². The highest BCUT2D eigenvalue weighted by atomic mass is 19.4. The van der Waals surface area contributed by atoms with Gasteiger partial charge in [-0.3, -0.25) is 4.79 Å². The van der Waals surface area contributed by atoms with Crippen molar-refractivity contribution < 1.29 is 64.4 Å². The second kappa shape index (κ2) is 15.8. The number of methoxy groups -OCH3 is 2. The van der Waals surface area contributed by atoms with Gasteiger partial charge >= 0.3 is 30.3 Å². The van der Waals surface area contributed by atoms with Gasteiger partial charge in [-0.1, -0.05) is 66.7 Å². The molecule has 0 fully saturated rings. The Kier molecular flexibility index (Phi) is 13.2. The predicted octanol–water partition coefficient (Wildman–Crippen LogP) is 7.13. The average molecular weight is 689 g/mol. The van der Waals surface area contributed by atoms with Crippen molar-refractivity contribution in [3.63, 3.8) is 0 Å². The van der Waals surface area contributed by atoms with Crippen LogP contribution in [0.2, 0.25) is 0 Å². The zero-order chi connectivity index (χ0) is 36.6. The number of carbonyl (C=O) groups excluding carboxylic acids is 3. The van der Waals surface area contributed by atoms with Crippen LogP contribution in [0.5, 0.6) is 0 Å². The van der Waals surface area contributed by atoms with Gasteiger partial charge in [0.2, 0.25) is 0 Å². The first-order chi connectivity index (χ1) is 22.2. The summed E-state index contributed by atoms with van der Waals surface area (Å²) in [7, 11) is 1.42. The number of hydrogen-bond donors (Lipinski definition) is 0. The topological polar surface area (TPSA) is 97.4 Å². The molecule has 0 unspecified atom stereocenters. The monoisotopic (exact) mass is 688 g/mol. The first-order valence-electron chi connectivity index (χ1n) is 14.5. The van der Waals surface area contributed by atoms with E-state index in [0.717, 1.165) is 36.4 Å². The van der Waals surface area contributed by atoms with Crippen LogP contribution >= 0.6 is 0 Å². The molecule has 2 aromatic rings. The molecule has 0 N–H and O–H groups in total. The summed E-state index contributed by atoms with van der Waals surface area (Å²) in [6.07, 6.45) is -9.67. The van der Waals surface area contributed by atoms with Crippen LogP contribution in [0.25, 0.3) is 0 Å². The Morgan fingerprint density at radius 2 is 1.06 bits per heavy atom. The van der Waals surface area contributed by atoms with Crippen molar-refractivity contribution in [2.75, 3.05) is 20.8 Å². The third kappa shape index (κ3) is 9.04. The van der Waals surface area contributed by atoms with E-state index in [4.69, 9.17) is 23.7 Å². The summed E-state index contributed by atoms with van der Waals surface area (Å²) < 4.78 is 111. The molecule has 8 nitrogen and oxygen atoms in total. The Labute approximate surface area is 274 Å². The minimum atomic E-state index is -5.23. The van der Waals surface area contributed by atoms with Crippen molar-refractivity contribution in [3.05, 3.63) is 95.6 Å². The number of carbonyl (C=O) groups is 3. The molecule has 0 heterocycles. The van der Waals surface area contributed by atoms with E-state index in [1.54, 1.807) is 20.8 Å². The molecule has 0 aromatic heterocycles. The minimum absolute atomic E-state index is 0.0439. The van der Waals surface area contributed by atoms with Crippen LogP contribution in [0.1, 0.15) is 45.7 Å². The molecule has 0 aliphatic rings. The van der Waals surface area contributed by atoms with Crippen molar-refractivity contribution in [1.29, 1.82) is 0 Å². The van der Waals surface area contributed by atoms with Gasteiger partial charge in [-0.25, -0.2) is 9.59 Å². The van der Waals surface area contributed by atoms with Crippen LogP contribution in [0, 0.1) is 5.41 Å². The fourth-order valence-corrected chi connectivity index (χ4v) is 4.43. The van der Waals surface area contributed by atoms with Crippen LogP contribution in [-0.4, -0.2) is 63.3 Å². The highest BCUT2D eigenvalue weighted by Crippen LogP contribution is 2.44. The molecule has 2 rings (SSSR count). The van der Waals surface area contributed by atoms with E-state index in [0.29, 0.717) is 14.2 Å². The fourth-order valence-electron chi connectivity index (χ4n) is 4.43. The van der Waals surface area contributed by atoms with Gasteiger partial charge in [0.05, 0.1) is 5.41 Å². The lowest BCUT2D eigenvalue weighted by molar-refractivity contribution is -0.278. The number of ether oxygens (including phenoxy) is 5. The normalized spacial score (nSPS) is 16.7. The Hall–Kier alpha value is -4.17. The molecule has 0 spiro atoms. The minimum Gasteiger partial charge on any atom is -0.460 e. The van der Waals surface area contributed by atoms with Gasteiger partial charge in [0.15, 0.2) is 0 Å². The third-order valence-electron chi connectivity index (χ3n) is 6.94. The molecule has 0 aliphatic heterocycles. The summed E-state index contributed by atoms with van der Waals surface area (Å²) in [5.41, 5.74) is -8.88. The molecule has 0 saturated heterocycles. The summed E-state index contributed by atoms with van der Waals surface area (Å²) in [5.74, 6) is -4.21. The summed E-state index contributed by atoms with van der Waals surface area (Å²) in [5, 5.41) is 0. The molecule has 0 bridgehead atoms. The molecule has 0 aliphatic carbocycles. The maximum absolute atomic E-state index is 14.3. The Morgan fingerprint density at radius 3 is 1.42 bits per heavy atom. The van der Waals surface area contributed by atoms with Crippen molar-refractivity contribution >= 4 is 17.9 Å². The van der Waals surface area contributed by atoms with Gasteiger partial charge < -0.3 is 23.7 Å². The number of esters is 3. The zero-order valence-electron chi connectivity index (χ0n) is 27.4. The molecular formula is C34H38F6O8. The van der Waals surface area contributed by atoms with Crippen LogP contribution in [-0.2, 0) is 49.3 Å². The lowest BCUT2D eigenvalue weighted by atomic mass is 9.92. The number of halogens is 6. The Bertz CT molecular complexity index is 1450.